The van der Waals surface area contributed by atoms with Crippen LogP contribution in [0, 0.1) is 5.92 Å². The van der Waals surface area contributed by atoms with Gasteiger partial charge in [-0.2, -0.15) is 0 Å². The Balaban J connectivity index is 2.27. The lowest BCUT2D eigenvalue weighted by atomic mass is 9.96. The lowest BCUT2D eigenvalue weighted by Crippen LogP contribution is -2.02. The monoisotopic (exact) mass is 202 g/mol. The average Bonchev–Trinajstić information content (AvgIpc) is 1.87. The fraction of sp³-hybridized carbons (Fsp3) is 0.778. The van der Waals surface area contributed by atoms with E-state index in [-0.39, 0.29) is 0 Å². The summed E-state index contributed by atoms with van der Waals surface area (Å²) in [6.07, 6.45) is 11.4. The van der Waals surface area contributed by atoms with Gasteiger partial charge in [-0.25, -0.2) is 0 Å². The molecule has 0 bridgehead atoms. The van der Waals surface area contributed by atoms with E-state index in [4.69, 9.17) is 0 Å². The van der Waals surface area contributed by atoms with Crippen LogP contribution in [0.1, 0.15) is 32.1 Å². The van der Waals surface area contributed by atoms with Crippen LogP contribution in [0.15, 0.2) is 12.2 Å². The summed E-state index contributed by atoms with van der Waals surface area (Å²) in [5.74, 6) is 0.935. The average molecular weight is 203 g/mol. The van der Waals surface area contributed by atoms with Crippen LogP contribution in [0.4, 0.5) is 0 Å². The van der Waals surface area contributed by atoms with Crippen molar-refractivity contribution in [2.45, 2.75) is 32.1 Å². The topological polar surface area (TPSA) is 0 Å². The maximum Gasteiger partial charge on any atom is 0.00597 e. The maximum atomic E-state index is 3.55. The van der Waals surface area contributed by atoms with E-state index in [0.29, 0.717) is 0 Å². The lowest BCUT2D eigenvalue weighted by Gasteiger charge is -2.13. The van der Waals surface area contributed by atoms with E-state index in [1.165, 1.54) is 37.4 Å². The van der Waals surface area contributed by atoms with E-state index in [1.54, 1.807) is 0 Å². The van der Waals surface area contributed by atoms with Gasteiger partial charge in [-0.3, -0.25) is 0 Å². The van der Waals surface area contributed by atoms with Crippen LogP contribution in [-0.2, 0) is 0 Å². The van der Waals surface area contributed by atoms with Crippen molar-refractivity contribution in [3.05, 3.63) is 12.2 Å². The van der Waals surface area contributed by atoms with Crippen molar-refractivity contribution in [2.75, 3.05) is 5.33 Å². The number of hydrogen-bond donors (Lipinski definition) is 0. The summed E-state index contributed by atoms with van der Waals surface area (Å²) in [7, 11) is 0. The van der Waals surface area contributed by atoms with E-state index in [1.807, 2.05) is 0 Å². The molecular weight excluding hydrogens is 188 g/mol. The highest BCUT2D eigenvalue weighted by Gasteiger charge is 2.06. The quantitative estimate of drug-likeness (QED) is 0.451. The van der Waals surface area contributed by atoms with Gasteiger partial charge in [-0.05, 0) is 38.0 Å². The van der Waals surface area contributed by atoms with Crippen LogP contribution in [0.2, 0.25) is 0 Å². The minimum absolute atomic E-state index is 0.935. The molecule has 0 aliphatic heterocycles. The zero-order chi connectivity index (χ0) is 7.23. The summed E-state index contributed by atoms with van der Waals surface area (Å²) < 4.78 is 0. The molecule has 0 saturated heterocycles. The number of rotatable bonds is 1. The van der Waals surface area contributed by atoms with Gasteiger partial charge in [0, 0.05) is 5.33 Å². The predicted octanol–water partition coefficient (Wildman–Crippen LogP) is 3.52. The highest BCUT2D eigenvalue weighted by molar-refractivity contribution is 9.09. The maximum absolute atomic E-state index is 3.55. The van der Waals surface area contributed by atoms with E-state index < -0.39 is 0 Å². The molecular formula is C9H15Br. The first-order valence-corrected chi connectivity index (χ1v) is 5.26. The van der Waals surface area contributed by atoms with Crippen LogP contribution >= 0.6 is 15.9 Å². The zero-order valence-corrected chi connectivity index (χ0v) is 7.94. The molecule has 1 aliphatic rings. The second kappa shape index (κ2) is 4.95. The molecule has 58 valence electrons. The summed E-state index contributed by atoms with van der Waals surface area (Å²) in [5, 5.41) is 1.20. The van der Waals surface area contributed by atoms with Crippen LogP contribution in [0.5, 0.6) is 0 Å². The van der Waals surface area contributed by atoms with Crippen molar-refractivity contribution >= 4 is 15.9 Å². The fourth-order valence-corrected chi connectivity index (χ4v) is 2.04. The molecule has 0 aromatic carbocycles. The van der Waals surface area contributed by atoms with Crippen LogP contribution in [0.3, 0.4) is 0 Å². The molecule has 0 aromatic heterocycles. The summed E-state index contributed by atoms with van der Waals surface area (Å²) >= 11 is 3.55. The third kappa shape index (κ3) is 2.87. The van der Waals surface area contributed by atoms with Gasteiger partial charge in [0.25, 0.3) is 0 Å². The molecule has 0 amide bonds. The van der Waals surface area contributed by atoms with E-state index >= 15 is 0 Å². The largest absolute Gasteiger partial charge is 0.0925 e. The van der Waals surface area contributed by atoms with Crippen LogP contribution in [-0.4, -0.2) is 5.33 Å². The van der Waals surface area contributed by atoms with E-state index in [2.05, 4.69) is 28.1 Å². The second-order valence-corrected chi connectivity index (χ2v) is 3.65. The molecule has 0 nitrogen and oxygen atoms in total. The summed E-state index contributed by atoms with van der Waals surface area (Å²) in [6.45, 7) is 0. The number of halogens is 1. The Hall–Kier alpha value is 0.220. The van der Waals surface area contributed by atoms with Gasteiger partial charge in [0.05, 0.1) is 0 Å². The minimum Gasteiger partial charge on any atom is -0.0925 e. The van der Waals surface area contributed by atoms with Crippen molar-refractivity contribution < 1.29 is 0 Å². The predicted molar refractivity (Wildman–Crippen MR) is 49.5 cm³/mol. The first-order valence-electron chi connectivity index (χ1n) is 4.14. The zero-order valence-electron chi connectivity index (χ0n) is 6.35. The molecule has 0 radical (unpaired) electrons. The Morgan fingerprint density at radius 1 is 1.20 bits per heavy atom. The molecule has 0 spiro atoms. The molecule has 1 aliphatic carbocycles. The highest BCUT2D eigenvalue weighted by Crippen LogP contribution is 2.19. The van der Waals surface area contributed by atoms with Crippen molar-refractivity contribution in [2.24, 2.45) is 5.92 Å². The van der Waals surface area contributed by atoms with Gasteiger partial charge in [0.1, 0.15) is 0 Å². The summed E-state index contributed by atoms with van der Waals surface area (Å²) in [6, 6.07) is 0. The molecule has 1 atom stereocenters. The van der Waals surface area contributed by atoms with Gasteiger partial charge in [0.2, 0.25) is 0 Å². The lowest BCUT2D eigenvalue weighted by molar-refractivity contribution is 0.484. The first-order chi connectivity index (χ1) is 4.93. The highest BCUT2D eigenvalue weighted by atomic mass is 79.9. The molecule has 10 heavy (non-hydrogen) atoms. The standard InChI is InChI=1S/C9H15Br/c10-8-9-6-4-2-1-3-5-7-9/h1-2,9H,3-8H2/b2-1-. The van der Waals surface area contributed by atoms with Crippen molar-refractivity contribution in [3.63, 3.8) is 0 Å². The van der Waals surface area contributed by atoms with Gasteiger partial charge in [-0.1, -0.05) is 28.1 Å². The molecule has 0 saturated carbocycles. The van der Waals surface area contributed by atoms with Crippen LogP contribution < -0.4 is 0 Å². The van der Waals surface area contributed by atoms with E-state index in [0.717, 1.165) is 5.92 Å². The Kier molecular flexibility index (Phi) is 4.12. The van der Waals surface area contributed by atoms with Gasteiger partial charge in [-0.15, -0.1) is 0 Å². The first kappa shape index (κ1) is 8.32. The third-order valence-electron chi connectivity index (χ3n) is 2.11. The molecule has 0 N–H and O–H groups in total. The molecule has 0 aromatic rings. The van der Waals surface area contributed by atoms with Crippen LogP contribution in [0.25, 0.3) is 0 Å². The number of allylic oxidation sites excluding steroid dienone is 2. The van der Waals surface area contributed by atoms with Crippen molar-refractivity contribution in [3.8, 4) is 0 Å². The van der Waals surface area contributed by atoms with Crippen molar-refractivity contribution in [1.29, 1.82) is 0 Å². The smallest absolute Gasteiger partial charge is 0.00597 e. The van der Waals surface area contributed by atoms with Gasteiger partial charge < -0.3 is 0 Å². The Bertz CT molecular complexity index is 107. The minimum atomic E-state index is 0.935. The van der Waals surface area contributed by atoms with Gasteiger partial charge >= 0.3 is 0 Å². The normalized spacial score (nSPS) is 30.7. The number of alkyl halides is 1. The Morgan fingerprint density at radius 2 is 2.00 bits per heavy atom. The van der Waals surface area contributed by atoms with E-state index in [9.17, 15) is 0 Å². The summed E-state index contributed by atoms with van der Waals surface area (Å²) in [4.78, 5) is 0. The Labute approximate surface area is 71.8 Å². The Morgan fingerprint density at radius 3 is 2.80 bits per heavy atom. The SMILES string of the molecule is BrCC1CC/C=C\CCC1. The van der Waals surface area contributed by atoms with Crippen molar-refractivity contribution in [1.82, 2.24) is 0 Å². The molecule has 1 heteroatoms. The molecule has 0 heterocycles. The third-order valence-corrected chi connectivity index (χ3v) is 3.03. The fourth-order valence-electron chi connectivity index (χ4n) is 1.39. The molecule has 0 fully saturated rings. The molecule has 1 rings (SSSR count). The number of hydrogen-bond acceptors (Lipinski definition) is 0. The van der Waals surface area contributed by atoms with Gasteiger partial charge in [0.15, 0.2) is 0 Å². The second-order valence-electron chi connectivity index (χ2n) is 3.00. The summed E-state index contributed by atoms with van der Waals surface area (Å²) in [5.41, 5.74) is 0. The molecule has 1 unspecified atom stereocenters.